The monoisotopic (exact) mass is 240 g/mol. The van der Waals surface area contributed by atoms with E-state index in [1.165, 1.54) is 0 Å². The molecule has 1 heterocycles. The van der Waals surface area contributed by atoms with E-state index < -0.39 is 0 Å². The molecule has 5 heteroatoms. The van der Waals surface area contributed by atoms with Crippen molar-refractivity contribution in [1.29, 1.82) is 0 Å². The van der Waals surface area contributed by atoms with Gasteiger partial charge in [0.15, 0.2) is 0 Å². The van der Waals surface area contributed by atoms with Crippen LogP contribution in [-0.4, -0.2) is 21.8 Å². The summed E-state index contributed by atoms with van der Waals surface area (Å²) in [4.78, 5) is 4.39. The lowest BCUT2D eigenvalue weighted by molar-refractivity contribution is -0.0421. The zero-order valence-corrected chi connectivity index (χ0v) is 11.2. The van der Waals surface area contributed by atoms with Gasteiger partial charge in [0.05, 0.1) is 5.60 Å². The van der Waals surface area contributed by atoms with Crippen molar-refractivity contribution < 1.29 is 4.74 Å². The van der Waals surface area contributed by atoms with Gasteiger partial charge >= 0.3 is 0 Å². The second-order valence-corrected chi connectivity index (χ2v) is 4.61. The van der Waals surface area contributed by atoms with Gasteiger partial charge in [0.2, 0.25) is 0 Å². The van der Waals surface area contributed by atoms with Crippen LogP contribution in [0.15, 0.2) is 12.4 Å². The summed E-state index contributed by atoms with van der Waals surface area (Å²) in [6.07, 6.45) is 4.85. The standard InChI is InChI=1S/C12H24N4O/c1-5-8-16-9-7-14-11(16)10(15-13)12(3,4)17-6-2/h7,9-10,15H,5-6,8,13H2,1-4H3. The molecule has 0 aliphatic rings. The third-order valence-corrected chi connectivity index (χ3v) is 2.85. The third-order valence-electron chi connectivity index (χ3n) is 2.85. The maximum atomic E-state index is 5.74. The first-order valence-electron chi connectivity index (χ1n) is 6.17. The van der Waals surface area contributed by atoms with E-state index >= 15 is 0 Å². The van der Waals surface area contributed by atoms with Crippen LogP contribution in [0.1, 0.15) is 46.0 Å². The third kappa shape index (κ3) is 3.28. The average molecular weight is 240 g/mol. The molecule has 1 aromatic rings. The van der Waals surface area contributed by atoms with Crippen LogP contribution < -0.4 is 11.3 Å². The summed E-state index contributed by atoms with van der Waals surface area (Å²) in [7, 11) is 0. The summed E-state index contributed by atoms with van der Waals surface area (Å²) >= 11 is 0. The number of ether oxygens (including phenoxy) is 1. The van der Waals surface area contributed by atoms with Crippen molar-refractivity contribution in [2.45, 2.75) is 52.3 Å². The lowest BCUT2D eigenvalue weighted by atomic mass is 9.98. The highest BCUT2D eigenvalue weighted by molar-refractivity contribution is 5.05. The molecule has 0 aliphatic carbocycles. The first kappa shape index (κ1) is 14.2. The van der Waals surface area contributed by atoms with E-state index in [1.54, 1.807) is 6.20 Å². The molecule has 0 fully saturated rings. The molecule has 1 aromatic heterocycles. The van der Waals surface area contributed by atoms with Crippen LogP contribution >= 0.6 is 0 Å². The number of rotatable bonds is 7. The molecule has 5 nitrogen and oxygen atoms in total. The summed E-state index contributed by atoms with van der Waals surface area (Å²) in [5.74, 6) is 6.59. The normalized spacial score (nSPS) is 13.9. The van der Waals surface area contributed by atoms with Crippen LogP contribution in [0.25, 0.3) is 0 Å². The fourth-order valence-corrected chi connectivity index (χ4v) is 2.05. The number of nitrogens with two attached hydrogens (primary N) is 1. The smallest absolute Gasteiger partial charge is 0.130 e. The molecule has 0 saturated carbocycles. The number of imidazole rings is 1. The minimum absolute atomic E-state index is 0.121. The van der Waals surface area contributed by atoms with Gasteiger partial charge in [-0.2, -0.15) is 0 Å². The van der Waals surface area contributed by atoms with E-state index in [4.69, 9.17) is 10.6 Å². The molecule has 0 saturated heterocycles. The Morgan fingerprint density at radius 1 is 1.53 bits per heavy atom. The Bertz CT molecular complexity index is 335. The van der Waals surface area contributed by atoms with Gasteiger partial charge in [-0.05, 0) is 27.2 Å². The molecule has 1 atom stereocenters. The highest BCUT2D eigenvalue weighted by atomic mass is 16.5. The Morgan fingerprint density at radius 2 is 2.24 bits per heavy atom. The largest absolute Gasteiger partial charge is 0.374 e. The van der Waals surface area contributed by atoms with E-state index in [0.29, 0.717) is 6.61 Å². The number of hydrogen-bond acceptors (Lipinski definition) is 4. The Morgan fingerprint density at radius 3 is 2.76 bits per heavy atom. The minimum Gasteiger partial charge on any atom is -0.374 e. The van der Waals surface area contributed by atoms with Gasteiger partial charge in [-0.3, -0.25) is 5.84 Å². The second kappa shape index (κ2) is 6.14. The van der Waals surface area contributed by atoms with Gasteiger partial charge in [0, 0.05) is 25.5 Å². The molecular weight excluding hydrogens is 216 g/mol. The summed E-state index contributed by atoms with van der Waals surface area (Å²) < 4.78 is 7.86. The van der Waals surface area contributed by atoms with Gasteiger partial charge in [0.25, 0.3) is 0 Å². The summed E-state index contributed by atoms with van der Waals surface area (Å²) in [6, 6.07) is -0.121. The lowest BCUT2D eigenvalue weighted by Gasteiger charge is -2.33. The van der Waals surface area contributed by atoms with Crippen molar-refractivity contribution in [2.75, 3.05) is 6.61 Å². The highest BCUT2D eigenvalue weighted by Gasteiger charge is 2.33. The van der Waals surface area contributed by atoms with Crippen LogP contribution in [0.4, 0.5) is 0 Å². The first-order chi connectivity index (χ1) is 8.06. The average Bonchev–Trinajstić information content (AvgIpc) is 2.67. The topological polar surface area (TPSA) is 65.1 Å². The molecule has 98 valence electrons. The summed E-state index contributed by atoms with van der Waals surface area (Å²) in [6.45, 7) is 9.75. The zero-order valence-electron chi connectivity index (χ0n) is 11.2. The quantitative estimate of drug-likeness (QED) is 0.561. The summed E-state index contributed by atoms with van der Waals surface area (Å²) in [5.41, 5.74) is 2.43. The predicted molar refractivity (Wildman–Crippen MR) is 68.3 cm³/mol. The first-order valence-corrected chi connectivity index (χ1v) is 6.17. The molecule has 0 bridgehead atoms. The van der Waals surface area contributed by atoms with E-state index in [1.807, 2.05) is 27.0 Å². The van der Waals surface area contributed by atoms with Gasteiger partial charge in [-0.15, -0.1) is 0 Å². The Kier molecular flexibility index (Phi) is 5.11. The SMILES string of the molecule is CCCn1ccnc1C(NN)C(C)(C)OCC. The van der Waals surface area contributed by atoms with Crippen LogP contribution in [0, 0.1) is 0 Å². The number of hydrazine groups is 1. The maximum Gasteiger partial charge on any atom is 0.130 e. The second-order valence-electron chi connectivity index (χ2n) is 4.61. The Labute approximate surface area is 103 Å². The van der Waals surface area contributed by atoms with Crippen LogP contribution in [0.3, 0.4) is 0 Å². The molecular formula is C12H24N4O. The van der Waals surface area contributed by atoms with Crippen molar-refractivity contribution in [3.63, 3.8) is 0 Å². The Balaban J connectivity index is 2.96. The van der Waals surface area contributed by atoms with E-state index in [-0.39, 0.29) is 11.6 Å². The number of nitrogens with zero attached hydrogens (tertiary/aromatic N) is 2. The van der Waals surface area contributed by atoms with Crippen molar-refractivity contribution >= 4 is 0 Å². The molecule has 0 aromatic carbocycles. The van der Waals surface area contributed by atoms with Crippen LogP contribution in [0.5, 0.6) is 0 Å². The molecule has 0 aliphatic heterocycles. The lowest BCUT2D eigenvalue weighted by Crippen LogP contribution is -2.45. The maximum absolute atomic E-state index is 5.74. The molecule has 0 amide bonds. The number of aryl methyl sites for hydroxylation is 1. The number of hydrogen-bond donors (Lipinski definition) is 2. The van der Waals surface area contributed by atoms with Gasteiger partial charge < -0.3 is 9.30 Å². The van der Waals surface area contributed by atoms with E-state index in [0.717, 1.165) is 18.8 Å². The van der Waals surface area contributed by atoms with E-state index in [2.05, 4.69) is 21.9 Å². The van der Waals surface area contributed by atoms with Crippen molar-refractivity contribution in [1.82, 2.24) is 15.0 Å². The molecule has 17 heavy (non-hydrogen) atoms. The molecule has 1 rings (SSSR count). The fourth-order valence-electron chi connectivity index (χ4n) is 2.05. The summed E-state index contributed by atoms with van der Waals surface area (Å²) in [5, 5.41) is 0. The minimum atomic E-state index is -0.389. The van der Waals surface area contributed by atoms with Gasteiger partial charge in [-0.25, -0.2) is 10.4 Å². The van der Waals surface area contributed by atoms with Crippen molar-refractivity contribution in [2.24, 2.45) is 5.84 Å². The molecule has 0 radical (unpaired) electrons. The molecule has 1 unspecified atom stereocenters. The Hall–Kier alpha value is -0.910. The van der Waals surface area contributed by atoms with Crippen LogP contribution in [0.2, 0.25) is 0 Å². The molecule has 0 spiro atoms. The van der Waals surface area contributed by atoms with Crippen LogP contribution in [-0.2, 0) is 11.3 Å². The number of aromatic nitrogens is 2. The predicted octanol–water partition coefficient (Wildman–Crippen LogP) is 1.61. The number of nitrogens with one attached hydrogen (secondary N) is 1. The van der Waals surface area contributed by atoms with Gasteiger partial charge in [-0.1, -0.05) is 6.92 Å². The fraction of sp³-hybridized carbons (Fsp3) is 0.750. The zero-order chi connectivity index (χ0) is 12.9. The molecule has 3 N–H and O–H groups in total. The van der Waals surface area contributed by atoms with E-state index in [9.17, 15) is 0 Å². The van der Waals surface area contributed by atoms with Crippen molar-refractivity contribution in [3.8, 4) is 0 Å². The van der Waals surface area contributed by atoms with Crippen molar-refractivity contribution in [3.05, 3.63) is 18.2 Å². The highest BCUT2D eigenvalue weighted by Crippen LogP contribution is 2.27. The van der Waals surface area contributed by atoms with Gasteiger partial charge in [0.1, 0.15) is 11.9 Å².